The standard InChI is InChI=1S/C10H12BrCl2NO2S/c1-17(2,3)5-16-10(15)8-6(11)4-7(12)14-9(8)13/h4H,5H2,1-3H3. The van der Waals surface area contributed by atoms with Gasteiger partial charge in [-0.3, -0.25) is 0 Å². The van der Waals surface area contributed by atoms with Gasteiger partial charge in [-0.2, -0.15) is 0 Å². The molecule has 0 bridgehead atoms. The molecule has 1 heterocycles. The number of ether oxygens (including phenoxy) is 1. The first kappa shape index (κ1) is 15.1. The molecule has 0 saturated heterocycles. The van der Waals surface area contributed by atoms with Gasteiger partial charge in [-0.05, 0) is 40.8 Å². The summed E-state index contributed by atoms with van der Waals surface area (Å²) in [7, 11) is -0.909. The Morgan fingerprint density at radius 2 is 2.06 bits per heavy atom. The number of carbonyl (C=O) groups is 1. The molecule has 0 atom stereocenters. The van der Waals surface area contributed by atoms with Crippen molar-refractivity contribution in [3.05, 3.63) is 26.4 Å². The molecular weight excluding hydrogens is 349 g/mol. The Labute approximate surface area is 120 Å². The van der Waals surface area contributed by atoms with Gasteiger partial charge in [-0.25, -0.2) is 19.8 Å². The quantitative estimate of drug-likeness (QED) is 0.605. The molecule has 3 nitrogen and oxygen atoms in total. The zero-order chi connectivity index (χ0) is 13.2. The predicted molar refractivity (Wildman–Crippen MR) is 77.6 cm³/mol. The van der Waals surface area contributed by atoms with Gasteiger partial charge in [0.2, 0.25) is 0 Å². The summed E-state index contributed by atoms with van der Waals surface area (Å²) in [6, 6.07) is 1.51. The molecule has 0 aromatic carbocycles. The van der Waals surface area contributed by atoms with Crippen LogP contribution in [-0.4, -0.2) is 35.7 Å². The maximum Gasteiger partial charge on any atom is 0.343 e. The highest BCUT2D eigenvalue weighted by molar-refractivity contribution is 9.10. The number of carbonyl (C=O) groups excluding carboxylic acids is 1. The molecule has 0 spiro atoms. The van der Waals surface area contributed by atoms with E-state index in [1.807, 2.05) is 0 Å². The number of esters is 1. The summed E-state index contributed by atoms with van der Waals surface area (Å²) in [5, 5.41) is 0.262. The molecule has 0 N–H and O–H groups in total. The molecule has 0 fully saturated rings. The summed E-state index contributed by atoms with van der Waals surface area (Å²) in [6.07, 6.45) is 6.16. The van der Waals surface area contributed by atoms with Crippen molar-refractivity contribution in [1.82, 2.24) is 4.98 Å². The first-order valence-electron chi connectivity index (χ1n) is 4.55. The van der Waals surface area contributed by atoms with Gasteiger partial charge in [0.15, 0.2) is 0 Å². The lowest BCUT2D eigenvalue weighted by Gasteiger charge is -2.24. The maximum atomic E-state index is 11.8. The Morgan fingerprint density at radius 1 is 1.47 bits per heavy atom. The summed E-state index contributed by atoms with van der Waals surface area (Å²) < 4.78 is 5.68. The number of pyridine rings is 1. The van der Waals surface area contributed by atoms with Crippen LogP contribution in [0.2, 0.25) is 10.3 Å². The van der Waals surface area contributed by atoms with E-state index in [0.717, 1.165) is 0 Å². The minimum Gasteiger partial charge on any atom is -0.452 e. The van der Waals surface area contributed by atoms with Crippen LogP contribution in [0.15, 0.2) is 10.5 Å². The summed E-state index contributed by atoms with van der Waals surface area (Å²) >= 11 is 14.8. The Morgan fingerprint density at radius 3 is 2.53 bits per heavy atom. The van der Waals surface area contributed by atoms with E-state index >= 15 is 0 Å². The molecule has 0 aliphatic carbocycles. The SMILES string of the molecule is CS(C)(C)COC(=O)c1c(Br)cc(Cl)nc1Cl. The van der Waals surface area contributed by atoms with Crippen LogP contribution in [-0.2, 0) is 4.74 Å². The highest BCUT2D eigenvalue weighted by Gasteiger charge is 2.19. The van der Waals surface area contributed by atoms with E-state index in [1.54, 1.807) is 0 Å². The van der Waals surface area contributed by atoms with Gasteiger partial charge >= 0.3 is 5.97 Å². The molecule has 1 aromatic rings. The largest absolute Gasteiger partial charge is 0.452 e. The average molecular weight is 361 g/mol. The summed E-state index contributed by atoms with van der Waals surface area (Å²) in [5.74, 6) is -0.106. The third-order valence-electron chi connectivity index (χ3n) is 1.64. The molecule has 0 aliphatic rings. The van der Waals surface area contributed by atoms with E-state index in [0.29, 0.717) is 10.4 Å². The third kappa shape index (κ3) is 4.66. The van der Waals surface area contributed by atoms with E-state index in [2.05, 4.69) is 39.7 Å². The summed E-state index contributed by atoms with van der Waals surface area (Å²) in [6.45, 7) is 0. The Bertz CT molecular complexity index is 425. The van der Waals surface area contributed by atoms with E-state index < -0.39 is 16.0 Å². The Hall–Kier alpha value is 0.0300. The lowest BCUT2D eigenvalue weighted by atomic mass is 10.3. The van der Waals surface area contributed by atoms with Gasteiger partial charge in [0.25, 0.3) is 0 Å². The van der Waals surface area contributed by atoms with Crippen LogP contribution in [0.25, 0.3) is 0 Å². The highest BCUT2D eigenvalue weighted by Crippen LogP contribution is 2.35. The van der Waals surface area contributed by atoms with Crippen molar-refractivity contribution in [1.29, 1.82) is 0 Å². The molecule has 0 radical (unpaired) electrons. The zero-order valence-electron chi connectivity index (χ0n) is 9.59. The van der Waals surface area contributed by atoms with E-state index in [4.69, 9.17) is 27.9 Å². The van der Waals surface area contributed by atoms with Crippen molar-refractivity contribution >= 4 is 55.1 Å². The van der Waals surface area contributed by atoms with Gasteiger partial charge < -0.3 is 4.74 Å². The van der Waals surface area contributed by atoms with Crippen LogP contribution in [0.1, 0.15) is 10.4 Å². The van der Waals surface area contributed by atoms with Crippen molar-refractivity contribution in [2.45, 2.75) is 0 Å². The minimum absolute atomic E-state index is 0.0401. The molecule has 7 heteroatoms. The van der Waals surface area contributed by atoms with Crippen molar-refractivity contribution in [3.63, 3.8) is 0 Å². The molecule has 1 rings (SSSR count). The molecule has 0 aliphatic heterocycles. The molecule has 1 aromatic heterocycles. The van der Waals surface area contributed by atoms with E-state index in [9.17, 15) is 4.79 Å². The van der Waals surface area contributed by atoms with Gasteiger partial charge in [-0.15, -0.1) is 0 Å². The summed E-state index contributed by atoms with van der Waals surface area (Å²) in [4.78, 5) is 15.6. The number of halogens is 3. The number of rotatable bonds is 3. The summed E-state index contributed by atoms with van der Waals surface area (Å²) in [5.41, 5.74) is 0.208. The van der Waals surface area contributed by atoms with Crippen LogP contribution in [0, 0.1) is 0 Å². The number of hydrogen-bond donors (Lipinski definition) is 0. The fourth-order valence-corrected chi connectivity index (χ4v) is 2.72. The average Bonchev–Trinajstić information content (AvgIpc) is 2.11. The van der Waals surface area contributed by atoms with Gasteiger partial charge in [0.05, 0.1) is 0 Å². The topological polar surface area (TPSA) is 39.2 Å². The molecule has 17 heavy (non-hydrogen) atoms. The molecule has 0 unspecified atom stereocenters. The van der Waals surface area contributed by atoms with Crippen LogP contribution < -0.4 is 0 Å². The van der Waals surface area contributed by atoms with Crippen molar-refractivity contribution in [2.75, 3.05) is 24.7 Å². The molecular formula is C10H12BrCl2NO2S. The first-order chi connectivity index (χ1) is 7.70. The number of hydrogen-bond acceptors (Lipinski definition) is 3. The van der Waals surface area contributed by atoms with Crippen LogP contribution in [0.4, 0.5) is 0 Å². The van der Waals surface area contributed by atoms with Gasteiger partial charge in [-0.1, -0.05) is 23.2 Å². The van der Waals surface area contributed by atoms with Crippen molar-refractivity contribution in [2.24, 2.45) is 0 Å². The molecule has 0 amide bonds. The zero-order valence-corrected chi connectivity index (χ0v) is 13.5. The molecule has 96 valence electrons. The highest BCUT2D eigenvalue weighted by atomic mass is 79.9. The van der Waals surface area contributed by atoms with E-state index in [1.165, 1.54) is 6.07 Å². The molecule has 0 saturated carbocycles. The van der Waals surface area contributed by atoms with Gasteiger partial charge in [0.1, 0.15) is 21.8 Å². The predicted octanol–water partition coefficient (Wildman–Crippen LogP) is 3.96. The fraction of sp³-hybridized carbons (Fsp3) is 0.400. The second-order valence-corrected chi connectivity index (χ2v) is 10.2. The van der Waals surface area contributed by atoms with Crippen LogP contribution in [0.5, 0.6) is 0 Å². The normalized spacial score (nSPS) is 12.4. The Kier molecular flexibility index (Phi) is 5.13. The monoisotopic (exact) mass is 359 g/mol. The Balaban J connectivity index is 2.90. The lowest BCUT2D eigenvalue weighted by molar-refractivity contribution is 0.0575. The number of aromatic nitrogens is 1. The van der Waals surface area contributed by atoms with Crippen molar-refractivity contribution in [3.8, 4) is 0 Å². The number of nitrogens with zero attached hydrogens (tertiary/aromatic N) is 1. The van der Waals surface area contributed by atoms with Gasteiger partial charge in [0, 0.05) is 4.47 Å². The van der Waals surface area contributed by atoms with E-state index in [-0.39, 0.29) is 15.9 Å². The minimum atomic E-state index is -0.909. The van der Waals surface area contributed by atoms with Crippen LogP contribution in [0.3, 0.4) is 0 Å². The maximum absolute atomic E-state index is 11.8. The lowest BCUT2D eigenvalue weighted by Crippen LogP contribution is -2.12. The van der Waals surface area contributed by atoms with Crippen LogP contribution >= 0.6 is 49.2 Å². The second kappa shape index (κ2) is 5.78. The van der Waals surface area contributed by atoms with Crippen molar-refractivity contribution < 1.29 is 9.53 Å². The fourth-order valence-electron chi connectivity index (χ4n) is 0.941. The smallest absolute Gasteiger partial charge is 0.343 e. The third-order valence-corrected chi connectivity index (χ3v) is 3.56. The second-order valence-electron chi connectivity index (χ2n) is 4.23. The first-order valence-corrected chi connectivity index (χ1v) is 9.13.